The Balaban J connectivity index is 1.42. The van der Waals surface area contributed by atoms with Crippen molar-refractivity contribution < 1.29 is 14.7 Å². The number of hydrogen-bond acceptors (Lipinski definition) is 4. The zero-order valence-corrected chi connectivity index (χ0v) is 19.3. The molecule has 2 aliphatic rings. The van der Waals surface area contributed by atoms with Gasteiger partial charge in [-0.25, -0.2) is 4.98 Å². The van der Waals surface area contributed by atoms with Crippen LogP contribution in [-0.4, -0.2) is 50.5 Å². The summed E-state index contributed by atoms with van der Waals surface area (Å²) in [5.41, 5.74) is 0.594. The molecule has 1 aromatic heterocycles. The number of nitrogens with one attached hydrogen (secondary N) is 1. The maximum atomic E-state index is 13.5. The smallest absolute Gasteiger partial charge is 0.240 e. The number of likely N-dealkylation sites (tertiary alicyclic amines) is 1. The second kappa shape index (κ2) is 8.70. The molecule has 7 nitrogen and oxygen atoms in total. The Kier molecular flexibility index (Phi) is 6.12. The molecule has 7 heteroatoms. The summed E-state index contributed by atoms with van der Waals surface area (Å²) in [4.78, 5) is 31.8. The van der Waals surface area contributed by atoms with Crippen molar-refractivity contribution >= 4 is 11.8 Å². The van der Waals surface area contributed by atoms with E-state index in [1.54, 1.807) is 23.3 Å². The Labute approximate surface area is 189 Å². The minimum absolute atomic E-state index is 0.0921. The Hall–Kier alpha value is -2.67. The van der Waals surface area contributed by atoms with Crippen LogP contribution in [0.1, 0.15) is 50.7 Å². The normalized spacial score (nSPS) is 27.3. The van der Waals surface area contributed by atoms with Gasteiger partial charge in [0.15, 0.2) is 0 Å². The van der Waals surface area contributed by atoms with Gasteiger partial charge in [0.05, 0.1) is 17.8 Å². The van der Waals surface area contributed by atoms with E-state index in [1.165, 1.54) is 0 Å². The highest BCUT2D eigenvalue weighted by Gasteiger charge is 2.50. The fourth-order valence-electron chi connectivity index (χ4n) is 5.34. The zero-order valence-electron chi connectivity index (χ0n) is 19.3. The number of carbonyl (C=O) groups is 2. The number of nitrogens with zero attached hydrogens (tertiary/aromatic N) is 3. The van der Waals surface area contributed by atoms with Crippen LogP contribution >= 0.6 is 0 Å². The number of carbonyl (C=O) groups excluding carboxylic acids is 2. The number of hydrogen-bond donors (Lipinski definition) is 2. The van der Waals surface area contributed by atoms with Crippen LogP contribution in [0, 0.1) is 18.3 Å². The molecule has 1 saturated heterocycles. The van der Waals surface area contributed by atoms with Gasteiger partial charge in [0.25, 0.3) is 0 Å². The van der Waals surface area contributed by atoms with Gasteiger partial charge >= 0.3 is 0 Å². The first-order valence-electron chi connectivity index (χ1n) is 11.5. The lowest BCUT2D eigenvalue weighted by atomic mass is 9.66. The molecule has 2 heterocycles. The van der Waals surface area contributed by atoms with E-state index >= 15 is 0 Å². The molecule has 2 aromatic rings. The monoisotopic (exact) mass is 438 g/mol. The maximum absolute atomic E-state index is 13.5. The average molecular weight is 439 g/mol. The van der Waals surface area contributed by atoms with Gasteiger partial charge in [0, 0.05) is 36.9 Å². The van der Waals surface area contributed by atoms with Crippen molar-refractivity contribution in [2.75, 3.05) is 13.1 Å². The molecule has 4 rings (SSSR count). The van der Waals surface area contributed by atoms with Crippen molar-refractivity contribution in [3.8, 4) is 0 Å². The van der Waals surface area contributed by atoms with Crippen LogP contribution in [0.5, 0.6) is 0 Å². The van der Waals surface area contributed by atoms with Crippen LogP contribution in [0.2, 0.25) is 0 Å². The van der Waals surface area contributed by atoms with Crippen LogP contribution in [0.3, 0.4) is 0 Å². The van der Waals surface area contributed by atoms with Crippen molar-refractivity contribution in [1.29, 1.82) is 0 Å². The quantitative estimate of drug-likeness (QED) is 0.751. The average Bonchev–Trinajstić information content (AvgIpc) is 3.42. The Morgan fingerprint density at radius 1 is 1.22 bits per heavy atom. The molecule has 1 aromatic carbocycles. The van der Waals surface area contributed by atoms with Gasteiger partial charge in [0.2, 0.25) is 11.8 Å². The predicted molar refractivity (Wildman–Crippen MR) is 122 cm³/mol. The van der Waals surface area contributed by atoms with Crippen molar-refractivity contribution in [1.82, 2.24) is 19.8 Å². The number of imidazole rings is 1. The summed E-state index contributed by atoms with van der Waals surface area (Å²) in [5.74, 6) is -0.210. The second-order valence-corrected chi connectivity index (χ2v) is 10.1. The summed E-state index contributed by atoms with van der Waals surface area (Å²) < 4.78 is 1.72. The topological polar surface area (TPSA) is 87.5 Å². The van der Waals surface area contributed by atoms with E-state index in [-0.39, 0.29) is 30.3 Å². The molecular weight excluding hydrogens is 404 g/mol. The highest BCUT2D eigenvalue weighted by molar-refractivity contribution is 5.82. The standard InChI is InChI=1S/C25H34N4O3/c1-18-7-9-19(10-8-18)25(32)11-13-29(16-24(25,2)3)23(31)20-5-4-6-21(20)27-22(30)15-28-14-12-26-17-28/h7-10,12,14,17,20-21,32H,4-6,11,13,15-16H2,1-3H3,(H,27,30)/t20-,21+,25-/m0/s1. The van der Waals surface area contributed by atoms with Gasteiger partial charge in [0.1, 0.15) is 6.54 Å². The van der Waals surface area contributed by atoms with E-state index in [2.05, 4.69) is 10.3 Å². The second-order valence-electron chi connectivity index (χ2n) is 10.1. The van der Waals surface area contributed by atoms with E-state index in [4.69, 9.17) is 0 Å². The van der Waals surface area contributed by atoms with E-state index in [1.807, 2.05) is 49.9 Å². The molecule has 0 unspecified atom stereocenters. The van der Waals surface area contributed by atoms with Crippen LogP contribution in [0.15, 0.2) is 43.0 Å². The summed E-state index contributed by atoms with van der Waals surface area (Å²) in [7, 11) is 0. The molecule has 2 N–H and O–H groups in total. The van der Waals surface area contributed by atoms with Gasteiger partial charge in [-0.05, 0) is 31.7 Å². The largest absolute Gasteiger partial charge is 0.384 e. The molecular formula is C25H34N4O3. The van der Waals surface area contributed by atoms with E-state index in [9.17, 15) is 14.7 Å². The first kappa shape index (κ1) is 22.5. The summed E-state index contributed by atoms with van der Waals surface area (Å²) in [6, 6.07) is 7.90. The van der Waals surface area contributed by atoms with Crippen LogP contribution < -0.4 is 5.32 Å². The summed E-state index contributed by atoms with van der Waals surface area (Å²) in [6.45, 7) is 7.31. The van der Waals surface area contributed by atoms with Crippen LogP contribution in [-0.2, 0) is 21.7 Å². The Morgan fingerprint density at radius 2 is 1.97 bits per heavy atom. The molecule has 0 bridgehead atoms. The molecule has 1 aliphatic heterocycles. The fourth-order valence-corrected chi connectivity index (χ4v) is 5.34. The minimum atomic E-state index is -0.981. The lowest BCUT2D eigenvalue weighted by molar-refractivity contribution is -0.157. The van der Waals surface area contributed by atoms with E-state index in [0.717, 1.165) is 30.4 Å². The summed E-state index contributed by atoms with van der Waals surface area (Å²) >= 11 is 0. The van der Waals surface area contributed by atoms with Crippen molar-refractivity contribution in [3.05, 3.63) is 54.1 Å². The number of aromatic nitrogens is 2. The Bertz CT molecular complexity index is 954. The number of aliphatic hydroxyl groups is 1. The molecule has 2 fully saturated rings. The van der Waals surface area contributed by atoms with E-state index < -0.39 is 11.0 Å². The zero-order chi connectivity index (χ0) is 22.9. The summed E-state index contributed by atoms with van der Waals surface area (Å²) in [5, 5.41) is 14.7. The molecule has 1 saturated carbocycles. The van der Waals surface area contributed by atoms with Gasteiger partial charge < -0.3 is 19.9 Å². The van der Waals surface area contributed by atoms with Crippen LogP contribution in [0.25, 0.3) is 0 Å². The third kappa shape index (κ3) is 4.31. The minimum Gasteiger partial charge on any atom is -0.384 e. The van der Waals surface area contributed by atoms with Gasteiger partial charge in [-0.1, -0.05) is 50.1 Å². The molecule has 0 spiro atoms. The molecule has 2 amide bonds. The lowest BCUT2D eigenvalue weighted by Crippen LogP contribution is -2.58. The number of aryl methyl sites for hydroxylation is 1. The van der Waals surface area contributed by atoms with E-state index in [0.29, 0.717) is 19.5 Å². The molecule has 32 heavy (non-hydrogen) atoms. The summed E-state index contributed by atoms with van der Waals surface area (Å²) in [6.07, 6.45) is 8.04. The number of piperidine rings is 1. The fraction of sp³-hybridized carbons (Fsp3) is 0.560. The first-order valence-corrected chi connectivity index (χ1v) is 11.5. The van der Waals surface area contributed by atoms with Crippen molar-refractivity contribution in [2.24, 2.45) is 11.3 Å². The number of rotatable bonds is 5. The molecule has 1 aliphatic carbocycles. The predicted octanol–water partition coefficient (Wildman–Crippen LogP) is 2.62. The van der Waals surface area contributed by atoms with Gasteiger partial charge in [-0.2, -0.15) is 0 Å². The number of benzene rings is 1. The lowest BCUT2D eigenvalue weighted by Gasteiger charge is -2.51. The maximum Gasteiger partial charge on any atom is 0.240 e. The molecule has 172 valence electrons. The highest BCUT2D eigenvalue weighted by Crippen LogP contribution is 2.46. The number of amides is 2. The Morgan fingerprint density at radius 3 is 2.62 bits per heavy atom. The van der Waals surface area contributed by atoms with Crippen molar-refractivity contribution in [2.45, 2.75) is 64.6 Å². The van der Waals surface area contributed by atoms with Gasteiger partial charge in [-0.3, -0.25) is 9.59 Å². The van der Waals surface area contributed by atoms with Gasteiger partial charge in [-0.15, -0.1) is 0 Å². The highest BCUT2D eigenvalue weighted by atomic mass is 16.3. The van der Waals surface area contributed by atoms with Crippen molar-refractivity contribution in [3.63, 3.8) is 0 Å². The third-order valence-corrected chi connectivity index (χ3v) is 7.35. The first-order chi connectivity index (χ1) is 15.2. The van der Waals surface area contributed by atoms with Crippen LogP contribution in [0.4, 0.5) is 0 Å². The SMILES string of the molecule is Cc1ccc([C@@]2(O)CCN(C(=O)[C@H]3CCC[C@H]3NC(=O)Cn3ccnc3)CC2(C)C)cc1. The molecule has 3 atom stereocenters. The third-order valence-electron chi connectivity index (χ3n) is 7.35. The molecule has 0 radical (unpaired) electrons.